The Morgan fingerprint density at radius 3 is 2.82 bits per heavy atom. The van der Waals surface area contributed by atoms with E-state index in [2.05, 4.69) is 15.3 Å². The van der Waals surface area contributed by atoms with Crippen LogP contribution in [-0.2, 0) is 21.5 Å². The number of benzene rings is 1. The van der Waals surface area contributed by atoms with Crippen LogP contribution in [0.15, 0.2) is 36.8 Å². The van der Waals surface area contributed by atoms with Crippen molar-refractivity contribution in [1.29, 1.82) is 0 Å². The third kappa shape index (κ3) is 4.27. The number of halogens is 1. The molecule has 3 aromatic rings. The van der Waals surface area contributed by atoms with Gasteiger partial charge in [-0.1, -0.05) is 24.3 Å². The Morgan fingerprint density at radius 2 is 2.06 bits per heavy atom. The molecule has 0 unspecified atom stereocenters. The third-order valence-corrected chi connectivity index (χ3v) is 7.43. The molecule has 0 aliphatic heterocycles. The van der Waals surface area contributed by atoms with Gasteiger partial charge in [-0.15, -0.1) is 0 Å². The van der Waals surface area contributed by atoms with E-state index < -0.39 is 28.1 Å². The highest BCUT2D eigenvalue weighted by Gasteiger charge is 2.37. The normalized spacial score (nSPS) is 26.8. The predicted molar refractivity (Wildman–Crippen MR) is 122 cm³/mol. The quantitative estimate of drug-likeness (QED) is 0.368. The summed E-state index contributed by atoms with van der Waals surface area (Å²) in [6.45, 7) is -0.112. The van der Waals surface area contributed by atoms with Crippen molar-refractivity contribution in [3.8, 4) is 0 Å². The number of nitrogens with zero attached hydrogens (tertiary/aromatic N) is 3. The van der Waals surface area contributed by atoms with Crippen LogP contribution < -0.4 is 10.0 Å². The summed E-state index contributed by atoms with van der Waals surface area (Å²) >= 11 is 0. The van der Waals surface area contributed by atoms with Gasteiger partial charge in [-0.2, -0.15) is 13.1 Å². The smallest absolute Gasteiger partial charge is 0.333 e. The van der Waals surface area contributed by atoms with Crippen LogP contribution in [0.25, 0.3) is 11.0 Å². The van der Waals surface area contributed by atoms with Gasteiger partial charge >= 0.3 is 10.3 Å². The summed E-state index contributed by atoms with van der Waals surface area (Å²) in [5.74, 6) is -0.565. The molecule has 2 aromatic heterocycles. The fourth-order valence-corrected chi connectivity index (χ4v) is 5.68. The summed E-state index contributed by atoms with van der Waals surface area (Å²) in [7, 11) is -2.71. The van der Waals surface area contributed by atoms with Crippen LogP contribution in [0.2, 0.25) is 0 Å². The first-order valence-corrected chi connectivity index (χ1v) is 12.5. The Hall–Kier alpha value is -2.64. The first kappa shape index (κ1) is 23.1. The van der Waals surface area contributed by atoms with Crippen LogP contribution in [0, 0.1) is 11.7 Å². The molecule has 10 nitrogen and oxygen atoms in total. The summed E-state index contributed by atoms with van der Waals surface area (Å²) in [5.41, 5.74) is 2.63. The molecule has 0 spiro atoms. The lowest BCUT2D eigenvalue weighted by Gasteiger charge is -2.22. The summed E-state index contributed by atoms with van der Waals surface area (Å²) in [6, 6.07) is 7.51. The third-order valence-electron chi connectivity index (χ3n) is 6.89. The van der Waals surface area contributed by atoms with Gasteiger partial charge in [-0.05, 0) is 24.0 Å². The second-order valence-corrected chi connectivity index (χ2v) is 10.1. The van der Waals surface area contributed by atoms with Crippen LogP contribution in [0.3, 0.4) is 0 Å². The largest absolute Gasteiger partial charge is 0.393 e. The van der Waals surface area contributed by atoms with Gasteiger partial charge in [0, 0.05) is 38.2 Å². The van der Waals surface area contributed by atoms with Crippen molar-refractivity contribution in [2.24, 2.45) is 5.92 Å². The van der Waals surface area contributed by atoms with Crippen molar-refractivity contribution in [3.05, 3.63) is 53.7 Å². The van der Waals surface area contributed by atoms with E-state index in [1.807, 2.05) is 29.0 Å². The van der Waals surface area contributed by atoms with Crippen molar-refractivity contribution in [3.63, 3.8) is 0 Å². The molecule has 4 N–H and O–H groups in total. The maximum atomic E-state index is 15.2. The van der Waals surface area contributed by atoms with E-state index in [0.29, 0.717) is 24.3 Å². The Balaban J connectivity index is 1.43. The van der Waals surface area contributed by atoms with Gasteiger partial charge < -0.3 is 19.7 Å². The molecule has 5 atom stereocenters. The zero-order chi connectivity index (χ0) is 24.0. The van der Waals surface area contributed by atoms with Gasteiger partial charge in [0.2, 0.25) is 0 Å². The second kappa shape index (κ2) is 8.86. The number of ether oxygens (including phenoxy) is 1. The van der Waals surface area contributed by atoms with Gasteiger partial charge in [0.15, 0.2) is 5.82 Å². The van der Waals surface area contributed by atoms with Crippen LogP contribution in [0.1, 0.15) is 36.1 Å². The zero-order valence-electron chi connectivity index (χ0n) is 18.4. The average molecular weight is 492 g/mol. The summed E-state index contributed by atoms with van der Waals surface area (Å²) < 4.78 is 55.5. The number of hydrogen-bond acceptors (Lipinski definition) is 7. The summed E-state index contributed by atoms with van der Waals surface area (Å²) in [5, 5.41) is 14.0. The minimum absolute atomic E-state index is 0.112. The molecular weight excluding hydrogens is 465 g/mol. The van der Waals surface area contributed by atoms with Crippen LogP contribution in [0.4, 0.5) is 10.2 Å². The van der Waals surface area contributed by atoms with Crippen molar-refractivity contribution in [2.45, 2.75) is 43.6 Å². The highest BCUT2D eigenvalue weighted by Crippen LogP contribution is 2.40. The molecule has 2 heterocycles. The molecule has 1 aromatic carbocycles. The van der Waals surface area contributed by atoms with Crippen LogP contribution in [-0.4, -0.2) is 58.5 Å². The predicted octanol–water partition coefficient (Wildman–Crippen LogP) is 2.00. The maximum absolute atomic E-state index is 15.2. The van der Waals surface area contributed by atoms with Gasteiger partial charge in [-0.3, -0.25) is 4.55 Å². The summed E-state index contributed by atoms with van der Waals surface area (Å²) in [4.78, 5) is 8.62. The first-order valence-electron chi connectivity index (χ1n) is 11.0. The Kier molecular flexibility index (Phi) is 6.02. The Morgan fingerprint density at radius 1 is 1.26 bits per heavy atom. The minimum atomic E-state index is -4.36. The molecule has 0 radical (unpaired) electrons. The average Bonchev–Trinajstić information content (AvgIpc) is 3.45. The van der Waals surface area contributed by atoms with E-state index in [-0.39, 0.29) is 30.1 Å². The topological polar surface area (TPSA) is 139 Å². The molecular formula is C22H26FN5O5S. The van der Waals surface area contributed by atoms with Crippen molar-refractivity contribution >= 4 is 27.2 Å². The molecule has 1 saturated carbocycles. The van der Waals surface area contributed by atoms with Crippen molar-refractivity contribution < 1.29 is 27.2 Å². The van der Waals surface area contributed by atoms with Crippen LogP contribution >= 0.6 is 0 Å². The Labute approximate surface area is 196 Å². The maximum Gasteiger partial charge on any atom is 0.333 e. The SMILES string of the molecule is CO[C@H]1Cc2ccccc2[C@H]1Nc1ncnc2c1c(F)cn2[C@@H]1C[C@@H](CNS(=O)(=O)O)[C@@H](O)C1. The molecule has 34 heavy (non-hydrogen) atoms. The summed E-state index contributed by atoms with van der Waals surface area (Å²) in [6.07, 6.45) is 3.20. The van der Waals surface area contributed by atoms with E-state index in [4.69, 9.17) is 9.29 Å². The van der Waals surface area contributed by atoms with Crippen molar-refractivity contribution in [2.75, 3.05) is 19.0 Å². The molecule has 2 aliphatic rings. The number of aliphatic hydroxyl groups excluding tert-OH is 1. The lowest BCUT2D eigenvalue weighted by molar-refractivity contribution is 0.0959. The van der Waals surface area contributed by atoms with Gasteiger partial charge in [0.1, 0.15) is 17.8 Å². The first-order chi connectivity index (χ1) is 16.2. The molecule has 182 valence electrons. The van der Waals surface area contributed by atoms with E-state index in [1.54, 1.807) is 11.7 Å². The fourth-order valence-electron chi connectivity index (χ4n) is 5.26. The van der Waals surface area contributed by atoms with Gasteiger partial charge in [0.25, 0.3) is 0 Å². The number of methoxy groups -OCH3 is 1. The van der Waals surface area contributed by atoms with Gasteiger partial charge in [0.05, 0.1) is 23.6 Å². The standard InChI is InChI=1S/C22H26FN5O5S/c1-33-18-7-12-4-2-3-5-15(12)20(18)27-21-19-16(23)10-28(22(19)25-11-24-21)14-6-13(17(29)8-14)9-26-34(30,31)32/h2-5,10-11,13-14,17-18,20,26,29H,6-9H2,1H3,(H,24,25,27)(H,30,31,32)/t13-,14+,17-,18-,20+/m0/s1. The monoisotopic (exact) mass is 491 g/mol. The Bertz CT molecular complexity index is 1320. The lowest BCUT2D eigenvalue weighted by Crippen LogP contribution is -2.31. The second-order valence-electron chi connectivity index (χ2n) is 8.88. The van der Waals surface area contributed by atoms with Gasteiger partial charge in [-0.25, -0.2) is 14.4 Å². The number of hydrogen-bond donors (Lipinski definition) is 4. The highest BCUT2D eigenvalue weighted by atomic mass is 32.2. The number of rotatable bonds is 7. The number of aliphatic hydroxyl groups is 1. The molecule has 5 rings (SSSR count). The zero-order valence-corrected chi connectivity index (χ0v) is 19.2. The van der Waals surface area contributed by atoms with Crippen molar-refractivity contribution in [1.82, 2.24) is 19.3 Å². The molecule has 0 saturated heterocycles. The van der Waals surface area contributed by atoms with E-state index in [0.717, 1.165) is 12.0 Å². The number of nitrogens with one attached hydrogen (secondary N) is 2. The van der Waals surface area contributed by atoms with E-state index >= 15 is 4.39 Å². The lowest BCUT2D eigenvalue weighted by atomic mass is 10.1. The molecule has 2 aliphatic carbocycles. The number of fused-ring (bicyclic) bond motifs is 2. The fraction of sp³-hybridized carbons (Fsp3) is 0.455. The molecule has 12 heteroatoms. The number of anilines is 1. The van der Waals surface area contributed by atoms with Crippen LogP contribution in [0.5, 0.6) is 0 Å². The molecule has 0 amide bonds. The number of aromatic nitrogens is 3. The molecule has 0 bridgehead atoms. The highest BCUT2D eigenvalue weighted by molar-refractivity contribution is 7.83. The molecule has 1 fully saturated rings. The van der Waals surface area contributed by atoms with E-state index in [9.17, 15) is 13.5 Å². The minimum Gasteiger partial charge on any atom is -0.393 e. The van der Waals surface area contributed by atoms with E-state index in [1.165, 1.54) is 18.1 Å².